The molecule has 0 saturated carbocycles. The second-order valence-electron chi connectivity index (χ2n) is 5.61. The van der Waals surface area contributed by atoms with Gasteiger partial charge in [0.25, 0.3) is 5.60 Å². The van der Waals surface area contributed by atoms with Crippen molar-refractivity contribution in [1.29, 1.82) is 0 Å². The molecule has 0 aliphatic carbocycles. The summed E-state index contributed by atoms with van der Waals surface area (Å²) in [7, 11) is 0. The van der Waals surface area contributed by atoms with Gasteiger partial charge in [-0.15, -0.1) is 0 Å². The Hall–Kier alpha value is -2.80. The largest absolute Gasteiger partial charge is 0.479 e. The fourth-order valence-electron chi connectivity index (χ4n) is 2.31. The van der Waals surface area contributed by atoms with E-state index in [1.54, 1.807) is 42.5 Å². The summed E-state index contributed by atoms with van der Waals surface area (Å²) >= 11 is 0. The van der Waals surface area contributed by atoms with Gasteiger partial charge in [-0.05, 0) is 30.5 Å². The van der Waals surface area contributed by atoms with Crippen molar-refractivity contribution in [3.05, 3.63) is 59.9 Å². The number of carbonyl (C=O) groups excluding carboxylic acids is 1. The Balaban J connectivity index is 2.33. The SMILES string of the molecule is CCCCC(O)(C(=O)O)C(=O)OC(c1ccccc1)c1cccnn1. The van der Waals surface area contributed by atoms with E-state index in [-0.39, 0.29) is 6.42 Å². The summed E-state index contributed by atoms with van der Waals surface area (Å²) in [5.41, 5.74) is -1.66. The lowest BCUT2D eigenvalue weighted by Crippen LogP contribution is -2.48. The Kier molecular flexibility index (Phi) is 6.19. The Morgan fingerprint density at radius 1 is 1.20 bits per heavy atom. The molecule has 25 heavy (non-hydrogen) atoms. The molecule has 2 atom stereocenters. The maximum absolute atomic E-state index is 12.5. The number of ether oxygens (including phenoxy) is 1. The van der Waals surface area contributed by atoms with Gasteiger partial charge in [0.15, 0.2) is 6.10 Å². The second kappa shape index (κ2) is 8.34. The third-order valence-corrected chi connectivity index (χ3v) is 3.77. The zero-order valence-corrected chi connectivity index (χ0v) is 13.8. The Morgan fingerprint density at radius 2 is 1.92 bits per heavy atom. The quantitative estimate of drug-likeness (QED) is 0.557. The van der Waals surface area contributed by atoms with Crippen LogP contribution in [0.2, 0.25) is 0 Å². The monoisotopic (exact) mass is 344 g/mol. The van der Waals surface area contributed by atoms with Crippen LogP contribution in [0.15, 0.2) is 48.7 Å². The van der Waals surface area contributed by atoms with E-state index >= 15 is 0 Å². The summed E-state index contributed by atoms with van der Waals surface area (Å²) in [5, 5.41) is 27.3. The van der Waals surface area contributed by atoms with Crippen LogP contribution in [0.4, 0.5) is 0 Å². The molecule has 7 heteroatoms. The zero-order valence-electron chi connectivity index (χ0n) is 13.8. The van der Waals surface area contributed by atoms with E-state index in [2.05, 4.69) is 10.2 Å². The summed E-state index contributed by atoms with van der Waals surface area (Å²) in [6, 6.07) is 12.0. The molecule has 1 aromatic heterocycles. The van der Waals surface area contributed by atoms with Crippen molar-refractivity contribution in [3.63, 3.8) is 0 Å². The number of aliphatic carboxylic acids is 1. The molecule has 2 N–H and O–H groups in total. The van der Waals surface area contributed by atoms with Gasteiger partial charge in [0, 0.05) is 6.20 Å². The maximum Gasteiger partial charge on any atom is 0.351 e. The molecular formula is C18H20N2O5. The van der Waals surface area contributed by atoms with Crippen LogP contribution in [-0.4, -0.2) is 38.0 Å². The number of hydrogen-bond donors (Lipinski definition) is 2. The van der Waals surface area contributed by atoms with Gasteiger partial charge in [0.2, 0.25) is 0 Å². The van der Waals surface area contributed by atoms with Gasteiger partial charge in [0.1, 0.15) is 5.69 Å². The van der Waals surface area contributed by atoms with E-state index in [9.17, 15) is 19.8 Å². The van der Waals surface area contributed by atoms with Crippen LogP contribution >= 0.6 is 0 Å². The predicted octanol–water partition coefficient (Wildman–Crippen LogP) is 2.12. The second-order valence-corrected chi connectivity index (χ2v) is 5.61. The highest BCUT2D eigenvalue weighted by Gasteiger charge is 2.46. The Morgan fingerprint density at radius 3 is 2.48 bits per heavy atom. The molecule has 2 unspecified atom stereocenters. The number of carbonyl (C=O) groups is 2. The van der Waals surface area contributed by atoms with Crippen molar-refractivity contribution in [1.82, 2.24) is 10.2 Å². The Labute approximate surface area is 145 Å². The standard InChI is InChI=1S/C18H20N2O5/c1-2-3-11-18(24,16(21)22)17(23)25-15(13-8-5-4-6-9-13)14-10-7-12-19-20-14/h4-10,12,15,24H,2-3,11H2,1H3,(H,21,22). The predicted molar refractivity (Wildman–Crippen MR) is 88.5 cm³/mol. The number of esters is 1. The van der Waals surface area contributed by atoms with Gasteiger partial charge in [-0.1, -0.05) is 43.7 Å². The van der Waals surface area contributed by atoms with Crippen LogP contribution in [0.5, 0.6) is 0 Å². The highest BCUT2D eigenvalue weighted by molar-refractivity contribution is 6.02. The molecular weight excluding hydrogens is 324 g/mol. The first-order chi connectivity index (χ1) is 12.0. The minimum Gasteiger partial charge on any atom is -0.479 e. The number of rotatable bonds is 8. The van der Waals surface area contributed by atoms with Crippen molar-refractivity contribution in [2.75, 3.05) is 0 Å². The number of carboxylic acids is 1. The fourth-order valence-corrected chi connectivity index (χ4v) is 2.31. The molecule has 1 heterocycles. The van der Waals surface area contributed by atoms with Gasteiger partial charge in [-0.25, -0.2) is 9.59 Å². The lowest BCUT2D eigenvalue weighted by atomic mass is 9.96. The molecule has 0 bridgehead atoms. The molecule has 0 amide bonds. The molecule has 2 rings (SSSR count). The lowest BCUT2D eigenvalue weighted by molar-refractivity contribution is -0.183. The maximum atomic E-state index is 12.5. The number of aliphatic hydroxyl groups is 1. The van der Waals surface area contributed by atoms with Gasteiger partial charge in [-0.3, -0.25) is 0 Å². The summed E-state index contributed by atoms with van der Waals surface area (Å²) in [6.45, 7) is 1.83. The first-order valence-corrected chi connectivity index (χ1v) is 7.98. The van der Waals surface area contributed by atoms with E-state index in [0.29, 0.717) is 24.1 Å². The molecule has 1 aromatic carbocycles. The third-order valence-electron chi connectivity index (χ3n) is 3.77. The van der Waals surface area contributed by atoms with Gasteiger partial charge in [0.05, 0.1) is 0 Å². The minimum absolute atomic E-state index is 0.223. The summed E-state index contributed by atoms with van der Waals surface area (Å²) in [5.74, 6) is -2.84. The molecule has 0 aliphatic rings. The minimum atomic E-state index is -2.59. The number of benzene rings is 1. The first kappa shape index (κ1) is 18.5. The van der Waals surface area contributed by atoms with Crippen LogP contribution in [0.3, 0.4) is 0 Å². The molecule has 0 saturated heterocycles. The highest BCUT2D eigenvalue weighted by Crippen LogP contribution is 2.27. The topological polar surface area (TPSA) is 110 Å². The summed E-state index contributed by atoms with van der Waals surface area (Å²) in [4.78, 5) is 23.9. The van der Waals surface area contributed by atoms with E-state index in [1.165, 1.54) is 6.20 Å². The van der Waals surface area contributed by atoms with Crippen molar-refractivity contribution in [2.45, 2.75) is 37.9 Å². The van der Waals surface area contributed by atoms with Gasteiger partial charge < -0.3 is 14.9 Å². The molecule has 0 fully saturated rings. The van der Waals surface area contributed by atoms with E-state index < -0.39 is 23.6 Å². The van der Waals surface area contributed by atoms with E-state index in [0.717, 1.165) is 0 Å². The molecule has 0 aliphatic heterocycles. The number of carboxylic acid groups (broad SMARTS) is 1. The average molecular weight is 344 g/mol. The average Bonchev–Trinajstić information content (AvgIpc) is 2.65. The smallest absolute Gasteiger partial charge is 0.351 e. The Bertz CT molecular complexity index is 668. The van der Waals surface area contributed by atoms with Crippen LogP contribution in [0.25, 0.3) is 0 Å². The number of hydrogen-bond acceptors (Lipinski definition) is 6. The molecule has 2 aromatic rings. The summed E-state index contributed by atoms with van der Waals surface area (Å²) in [6.07, 6.45) is 1.30. The molecule has 0 radical (unpaired) electrons. The van der Waals surface area contributed by atoms with E-state index in [4.69, 9.17) is 4.74 Å². The van der Waals surface area contributed by atoms with Crippen LogP contribution in [0, 0.1) is 0 Å². The fraction of sp³-hybridized carbons (Fsp3) is 0.333. The highest BCUT2D eigenvalue weighted by atomic mass is 16.6. The van der Waals surface area contributed by atoms with Crippen LogP contribution in [0.1, 0.15) is 43.5 Å². The number of aromatic nitrogens is 2. The number of nitrogens with zero attached hydrogens (tertiary/aromatic N) is 2. The summed E-state index contributed by atoms with van der Waals surface area (Å²) < 4.78 is 5.37. The molecule has 132 valence electrons. The van der Waals surface area contributed by atoms with Crippen molar-refractivity contribution in [2.24, 2.45) is 0 Å². The van der Waals surface area contributed by atoms with Gasteiger partial charge in [-0.2, -0.15) is 10.2 Å². The van der Waals surface area contributed by atoms with Crippen LogP contribution < -0.4 is 0 Å². The lowest BCUT2D eigenvalue weighted by Gasteiger charge is -2.25. The normalized spacial score (nSPS) is 14.3. The van der Waals surface area contributed by atoms with Crippen molar-refractivity contribution >= 4 is 11.9 Å². The van der Waals surface area contributed by atoms with E-state index in [1.807, 2.05) is 6.92 Å². The molecule has 7 nitrogen and oxygen atoms in total. The van der Waals surface area contributed by atoms with Crippen molar-refractivity contribution in [3.8, 4) is 0 Å². The zero-order chi connectivity index (χ0) is 18.3. The van der Waals surface area contributed by atoms with Crippen molar-refractivity contribution < 1.29 is 24.5 Å². The molecule has 0 spiro atoms. The third kappa shape index (κ3) is 4.39. The van der Waals surface area contributed by atoms with Gasteiger partial charge >= 0.3 is 11.9 Å². The van der Waals surface area contributed by atoms with Crippen LogP contribution in [-0.2, 0) is 14.3 Å². The first-order valence-electron chi connectivity index (χ1n) is 7.98. The number of unbranched alkanes of at least 4 members (excludes halogenated alkanes) is 1.